The minimum Gasteiger partial charge on any atom is -0.367 e. The minimum absolute atomic E-state index is 0.194. The first-order chi connectivity index (χ1) is 6.97. The molecule has 84 valence electrons. The second-order valence-corrected chi connectivity index (χ2v) is 4.11. The molecule has 0 saturated carbocycles. The molecule has 0 saturated heterocycles. The van der Waals surface area contributed by atoms with Crippen LogP contribution >= 0.6 is 15.9 Å². The predicted octanol–water partition coefficient (Wildman–Crippen LogP) is 3.00. The zero-order valence-electron chi connectivity index (χ0n) is 8.47. The zero-order chi connectivity index (χ0) is 11.4. The normalized spacial score (nSPS) is 12.9. The molecule has 6 heteroatoms. The highest BCUT2D eigenvalue weighted by Crippen LogP contribution is 2.14. The van der Waals surface area contributed by atoms with E-state index < -0.39 is 6.43 Å². The maximum absolute atomic E-state index is 12.1. The third kappa shape index (κ3) is 4.51. The van der Waals surface area contributed by atoms with Gasteiger partial charge in [0, 0.05) is 18.5 Å². The smallest absolute Gasteiger partial charge is 0.240 e. The van der Waals surface area contributed by atoms with Crippen molar-refractivity contribution < 1.29 is 8.78 Å². The molecular weight excluding hydrogens is 268 g/mol. The van der Waals surface area contributed by atoms with Crippen LogP contribution in [-0.4, -0.2) is 22.4 Å². The second-order valence-electron chi connectivity index (χ2n) is 3.30. The molecule has 0 aliphatic carbocycles. The lowest BCUT2D eigenvalue weighted by atomic mass is 10.2. The van der Waals surface area contributed by atoms with Crippen LogP contribution in [0.5, 0.6) is 0 Å². The fourth-order valence-electron chi connectivity index (χ4n) is 1.18. The molecule has 1 aromatic rings. The quantitative estimate of drug-likeness (QED) is 0.861. The van der Waals surface area contributed by atoms with E-state index in [1.54, 1.807) is 19.9 Å². The average Bonchev–Trinajstić information content (AvgIpc) is 1.98. The summed E-state index contributed by atoms with van der Waals surface area (Å²) in [7, 11) is 0. The lowest BCUT2D eigenvalue weighted by molar-refractivity contribution is 0.133. The molecule has 1 rings (SSSR count). The van der Waals surface area contributed by atoms with E-state index >= 15 is 0 Å². The maximum Gasteiger partial charge on any atom is 0.240 e. The molecule has 1 N–H and O–H groups in total. The molecule has 0 aliphatic heterocycles. The van der Waals surface area contributed by atoms with Crippen LogP contribution in [0.15, 0.2) is 10.7 Å². The number of aryl methyl sites for hydroxylation is 1. The van der Waals surface area contributed by atoms with E-state index in [9.17, 15) is 8.78 Å². The summed E-state index contributed by atoms with van der Waals surface area (Å²) in [5.74, 6) is 1.15. The highest BCUT2D eigenvalue weighted by molar-refractivity contribution is 9.10. The molecule has 0 spiro atoms. The van der Waals surface area contributed by atoms with Gasteiger partial charge >= 0.3 is 0 Å². The average molecular weight is 280 g/mol. The molecule has 0 radical (unpaired) electrons. The van der Waals surface area contributed by atoms with Crippen molar-refractivity contribution in [3.05, 3.63) is 16.5 Å². The SMILES string of the molecule is Cc1nc(Br)cc(NC(C)CC(F)F)n1. The Balaban J connectivity index is 2.63. The van der Waals surface area contributed by atoms with Gasteiger partial charge in [-0.05, 0) is 29.8 Å². The second kappa shape index (κ2) is 5.34. The van der Waals surface area contributed by atoms with Gasteiger partial charge < -0.3 is 5.32 Å². The minimum atomic E-state index is -2.31. The summed E-state index contributed by atoms with van der Waals surface area (Å²) < 4.78 is 24.8. The van der Waals surface area contributed by atoms with E-state index in [0.717, 1.165) is 0 Å². The van der Waals surface area contributed by atoms with Crippen molar-refractivity contribution in [2.24, 2.45) is 0 Å². The largest absolute Gasteiger partial charge is 0.367 e. The van der Waals surface area contributed by atoms with Crippen molar-refractivity contribution in [3.63, 3.8) is 0 Å². The van der Waals surface area contributed by atoms with Gasteiger partial charge in [-0.1, -0.05) is 0 Å². The first kappa shape index (κ1) is 12.3. The standard InChI is InChI=1S/C9H12BrF2N3/c1-5(3-8(11)12)13-9-4-7(10)14-6(2)15-9/h4-5,8H,3H2,1-2H3,(H,13,14,15). The Kier molecular flexibility index (Phi) is 4.38. The van der Waals surface area contributed by atoms with Gasteiger partial charge in [0.2, 0.25) is 6.43 Å². The number of hydrogen-bond donors (Lipinski definition) is 1. The summed E-state index contributed by atoms with van der Waals surface area (Å²) in [5.41, 5.74) is 0. The molecule has 1 aromatic heterocycles. The van der Waals surface area contributed by atoms with Crippen molar-refractivity contribution in [2.75, 3.05) is 5.32 Å². The molecule has 15 heavy (non-hydrogen) atoms. The van der Waals surface area contributed by atoms with Crippen LogP contribution in [0.3, 0.4) is 0 Å². The molecule has 0 aliphatic rings. The fraction of sp³-hybridized carbons (Fsp3) is 0.556. The van der Waals surface area contributed by atoms with Crippen LogP contribution < -0.4 is 5.32 Å². The Bertz CT molecular complexity index is 313. The lowest BCUT2D eigenvalue weighted by Crippen LogP contribution is -2.19. The van der Waals surface area contributed by atoms with Gasteiger partial charge in [-0.25, -0.2) is 18.7 Å². The number of alkyl halides is 2. The van der Waals surface area contributed by atoms with Gasteiger partial charge in [-0.15, -0.1) is 0 Å². The highest BCUT2D eigenvalue weighted by atomic mass is 79.9. The molecule has 0 bridgehead atoms. The van der Waals surface area contributed by atoms with Gasteiger partial charge in [0.05, 0.1) is 0 Å². The Labute approximate surface area is 95.4 Å². The third-order valence-corrected chi connectivity index (χ3v) is 2.14. The third-order valence-electron chi connectivity index (χ3n) is 1.73. The number of hydrogen-bond acceptors (Lipinski definition) is 3. The van der Waals surface area contributed by atoms with Crippen molar-refractivity contribution in [1.82, 2.24) is 9.97 Å². The van der Waals surface area contributed by atoms with E-state index in [4.69, 9.17) is 0 Å². The summed E-state index contributed by atoms with van der Waals surface area (Å²) in [5, 5.41) is 2.89. The van der Waals surface area contributed by atoms with Gasteiger partial charge in [0.1, 0.15) is 16.2 Å². The predicted molar refractivity (Wildman–Crippen MR) is 58.2 cm³/mol. The summed E-state index contributed by atoms with van der Waals surface area (Å²) in [4.78, 5) is 8.10. The summed E-state index contributed by atoms with van der Waals surface area (Å²) >= 11 is 3.21. The Morgan fingerprint density at radius 3 is 2.67 bits per heavy atom. The Morgan fingerprint density at radius 1 is 1.47 bits per heavy atom. The number of halogens is 3. The Hall–Kier alpha value is -0.780. The van der Waals surface area contributed by atoms with Crippen LogP contribution in [0, 0.1) is 6.92 Å². The maximum atomic E-state index is 12.1. The molecule has 1 unspecified atom stereocenters. The summed E-state index contributed by atoms with van der Waals surface area (Å²) in [6, 6.07) is 1.35. The first-order valence-corrected chi connectivity index (χ1v) is 5.32. The van der Waals surface area contributed by atoms with Crippen molar-refractivity contribution in [1.29, 1.82) is 0 Å². The topological polar surface area (TPSA) is 37.8 Å². The van der Waals surface area contributed by atoms with E-state index in [1.807, 2.05) is 0 Å². The molecular formula is C9H12BrF2N3. The van der Waals surface area contributed by atoms with Gasteiger partial charge in [-0.2, -0.15) is 0 Å². The van der Waals surface area contributed by atoms with E-state index in [2.05, 4.69) is 31.2 Å². The van der Waals surface area contributed by atoms with Gasteiger partial charge in [-0.3, -0.25) is 0 Å². The lowest BCUT2D eigenvalue weighted by Gasteiger charge is -2.14. The van der Waals surface area contributed by atoms with Crippen LogP contribution in [0.25, 0.3) is 0 Å². The van der Waals surface area contributed by atoms with Crippen LogP contribution in [0.4, 0.5) is 14.6 Å². The molecule has 0 aromatic carbocycles. The van der Waals surface area contributed by atoms with Crippen LogP contribution in [-0.2, 0) is 0 Å². The molecule has 0 fully saturated rings. The number of nitrogens with one attached hydrogen (secondary N) is 1. The van der Waals surface area contributed by atoms with Crippen molar-refractivity contribution in [3.8, 4) is 0 Å². The van der Waals surface area contributed by atoms with Gasteiger partial charge in [0.25, 0.3) is 0 Å². The molecule has 1 atom stereocenters. The summed E-state index contributed by atoms with van der Waals surface area (Å²) in [6.45, 7) is 3.44. The molecule has 3 nitrogen and oxygen atoms in total. The van der Waals surface area contributed by atoms with E-state index in [0.29, 0.717) is 16.2 Å². The monoisotopic (exact) mass is 279 g/mol. The molecule has 1 heterocycles. The van der Waals surface area contributed by atoms with Crippen molar-refractivity contribution in [2.45, 2.75) is 32.7 Å². The zero-order valence-corrected chi connectivity index (χ0v) is 10.1. The number of anilines is 1. The fourth-order valence-corrected chi connectivity index (χ4v) is 1.66. The van der Waals surface area contributed by atoms with E-state index in [-0.39, 0.29) is 12.5 Å². The highest BCUT2D eigenvalue weighted by Gasteiger charge is 2.11. The molecule has 0 amide bonds. The van der Waals surface area contributed by atoms with Gasteiger partial charge in [0.15, 0.2) is 0 Å². The van der Waals surface area contributed by atoms with E-state index in [1.165, 1.54) is 0 Å². The number of nitrogens with zero attached hydrogens (tertiary/aromatic N) is 2. The number of aromatic nitrogens is 2. The van der Waals surface area contributed by atoms with Crippen molar-refractivity contribution >= 4 is 21.7 Å². The van der Waals surface area contributed by atoms with Crippen LogP contribution in [0.2, 0.25) is 0 Å². The summed E-state index contributed by atoms with van der Waals surface area (Å²) in [6.07, 6.45) is -2.50. The Morgan fingerprint density at radius 2 is 2.13 bits per heavy atom. The number of rotatable bonds is 4. The first-order valence-electron chi connectivity index (χ1n) is 4.53. The van der Waals surface area contributed by atoms with Crippen LogP contribution in [0.1, 0.15) is 19.2 Å².